The molecule has 0 aromatic carbocycles. The molecule has 0 heterocycles. The lowest BCUT2D eigenvalue weighted by molar-refractivity contribution is 0.0766. The molecule has 0 rings (SSSR count). The van der Waals surface area contributed by atoms with E-state index in [4.69, 9.17) is 0 Å². The maximum absolute atomic E-state index is 10.9. The Balaban J connectivity index is 3.17. The summed E-state index contributed by atoms with van der Waals surface area (Å²) < 4.78 is 32.4. The first kappa shape index (κ1) is 6.14. The zero-order valence-electron chi connectivity index (χ0n) is 2.75. The molecule has 37 valence electrons. The van der Waals surface area contributed by atoms with Gasteiger partial charge in [-0.3, -0.25) is 0 Å². The van der Waals surface area contributed by atoms with Gasteiger partial charge in [0.15, 0.2) is 6.67 Å². The molecule has 0 aliphatic carbocycles. The molecule has 0 unspecified atom stereocenters. The fraction of sp³-hybridized carbons (Fsp3) is 1.00. The van der Waals surface area contributed by atoms with E-state index in [9.17, 15) is 13.2 Å². The summed E-state index contributed by atoms with van der Waals surface area (Å²) in [5.74, 6) is 0. The minimum absolute atomic E-state index is 1.75. The summed E-state index contributed by atoms with van der Waals surface area (Å²) in [4.78, 5) is 0. The first-order valence-electron chi connectivity index (χ1n) is 1.20. The molecule has 0 atom stereocenters. The summed E-state index contributed by atoms with van der Waals surface area (Å²) in [6.07, 6.45) is 0. The van der Waals surface area contributed by atoms with E-state index < -0.39 is 11.9 Å². The molecule has 4 heteroatoms. The normalized spacial score (nSPS) is 12.0. The van der Waals surface area contributed by atoms with Crippen LogP contribution in [0.15, 0.2) is 0 Å². The molecule has 0 saturated carbocycles. The molecular formula is C2H2F3S. The van der Waals surface area contributed by atoms with Crippen LogP contribution in [0.5, 0.6) is 0 Å². The van der Waals surface area contributed by atoms with Crippen LogP contribution >= 0.6 is 12.6 Å². The lowest BCUT2D eigenvalue weighted by Crippen LogP contribution is -2.06. The number of hydrogen-bond donors (Lipinski definition) is 0. The summed E-state index contributed by atoms with van der Waals surface area (Å²) >= 11 is 3.28. The van der Waals surface area contributed by atoms with Crippen molar-refractivity contribution in [3.8, 4) is 0 Å². The van der Waals surface area contributed by atoms with Gasteiger partial charge in [-0.2, -0.15) is 8.78 Å². The standard InChI is InChI=1S/C2H2F3S/c3-1-2(4,5)6/h1H2. The van der Waals surface area contributed by atoms with Crippen LogP contribution in [0.3, 0.4) is 0 Å². The van der Waals surface area contributed by atoms with Gasteiger partial charge < -0.3 is 0 Å². The van der Waals surface area contributed by atoms with Crippen molar-refractivity contribution in [1.82, 2.24) is 0 Å². The van der Waals surface area contributed by atoms with Crippen molar-refractivity contribution < 1.29 is 13.2 Å². The fourth-order valence-electron chi connectivity index (χ4n) is 0. The largest absolute Gasteiger partial charge is 0.331 e. The summed E-state index contributed by atoms with van der Waals surface area (Å²) in [5.41, 5.74) is 0. The molecule has 0 amide bonds. The Labute approximate surface area is 38.8 Å². The molecule has 0 aromatic rings. The fourth-order valence-corrected chi connectivity index (χ4v) is 0. The number of alkyl halides is 3. The Morgan fingerprint density at radius 2 is 1.67 bits per heavy atom. The van der Waals surface area contributed by atoms with E-state index in [1.54, 1.807) is 0 Å². The van der Waals surface area contributed by atoms with Gasteiger partial charge in [0.05, 0.1) is 0 Å². The van der Waals surface area contributed by atoms with Crippen LogP contribution < -0.4 is 0 Å². The number of hydrogen-bond acceptors (Lipinski definition) is 0. The average molecular weight is 115 g/mol. The molecule has 0 fully saturated rings. The topological polar surface area (TPSA) is 0 Å². The van der Waals surface area contributed by atoms with Gasteiger partial charge in [-0.05, 0) is 12.6 Å². The van der Waals surface area contributed by atoms with E-state index in [0.717, 1.165) is 0 Å². The Morgan fingerprint density at radius 1 is 1.50 bits per heavy atom. The number of halogens is 3. The van der Waals surface area contributed by atoms with Crippen molar-refractivity contribution in [2.24, 2.45) is 0 Å². The number of rotatable bonds is 1. The highest BCUT2D eigenvalue weighted by Crippen LogP contribution is 2.16. The average Bonchev–Trinajstić information content (AvgIpc) is 1.35. The van der Waals surface area contributed by atoms with E-state index in [1.165, 1.54) is 0 Å². The molecule has 0 aromatic heterocycles. The summed E-state index contributed by atoms with van der Waals surface area (Å²) in [5, 5.41) is -3.54. The van der Waals surface area contributed by atoms with Crippen molar-refractivity contribution in [3.63, 3.8) is 0 Å². The lowest BCUT2D eigenvalue weighted by atomic mass is 10.8. The second kappa shape index (κ2) is 1.73. The van der Waals surface area contributed by atoms with Crippen LogP contribution in [-0.2, 0) is 0 Å². The Kier molecular flexibility index (Phi) is 1.77. The first-order valence-corrected chi connectivity index (χ1v) is 1.61. The quantitative estimate of drug-likeness (QED) is 0.488. The highest BCUT2D eigenvalue weighted by Gasteiger charge is 2.22. The SMILES string of the molecule is FCC(F)(F)[S]. The maximum atomic E-state index is 10.9. The third-order valence-electron chi connectivity index (χ3n) is 0.156. The zero-order valence-corrected chi connectivity index (χ0v) is 3.57. The van der Waals surface area contributed by atoms with Crippen LogP contribution in [0.1, 0.15) is 0 Å². The van der Waals surface area contributed by atoms with Crippen molar-refractivity contribution in [2.75, 3.05) is 6.67 Å². The second-order valence-electron chi connectivity index (χ2n) is 0.771. The van der Waals surface area contributed by atoms with Gasteiger partial charge in [0.1, 0.15) is 0 Å². The van der Waals surface area contributed by atoms with Crippen LogP contribution in [0.25, 0.3) is 0 Å². The van der Waals surface area contributed by atoms with Crippen LogP contribution in [0, 0.1) is 0 Å². The van der Waals surface area contributed by atoms with E-state index in [-0.39, 0.29) is 0 Å². The van der Waals surface area contributed by atoms with Crippen LogP contribution in [0.2, 0.25) is 0 Å². The highest BCUT2D eigenvalue weighted by molar-refractivity contribution is 7.81. The van der Waals surface area contributed by atoms with E-state index >= 15 is 0 Å². The third kappa shape index (κ3) is 4.14. The van der Waals surface area contributed by atoms with Crippen molar-refractivity contribution in [2.45, 2.75) is 5.25 Å². The summed E-state index contributed by atoms with van der Waals surface area (Å²) in [6.45, 7) is -1.75. The molecule has 1 radical (unpaired) electrons. The predicted octanol–water partition coefficient (Wildman–Crippen LogP) is 1.75. The molecule has 6 heavy (non-hydrogen) atoms. The summed E-state index contributed by atoms with van der Waals surface area (Å²) in [6, 6.07) is 0. The third-order valence-corrected chi connectivity index (χ3v) is 0.265. The van der Waals surface area contributed by atoms with Crippen molar-refractivity contribution in [1.29, 1.82) is 0 Å². The van der Waals surface area contributed by atoms with Gasteiger partial charge in [-0.1, -0.05) is 0 Å². The molecule has 0 aliphatic rings. The van der Waals surface area contributed by atoms with E-state index in [2.05, 4.69) is 12.6 Å². The Bertz CT molecular complexity index is 38.5. The molecule has 0 bridgehead atoms. The smallest absolute Gasteiger partial charge is 0.243 e. The van der Waals surface area contributed by atoms with Crippen molar-refractivity contribution >= 4 is 12.6 Å². The van der Waals surface area contributed by atoms with Crippen LogP contribution in [-0.4, -0.2) is 11.9 Å². The van der Waals surface area contributed by atoms with Gasteiger partial charge in [-0.15, -0.1) is 0 Å². The van der Waals surface area contributed by atoms with Gasteiger partial charge in [0.2, 0.25) is 0 Å². The lowest BCUT2D eigenvalue weighted by Gasteiger charge is -1.96. The van der Waals surface area contributed by atoms with Crippen molar-refractivity contribution in [3.05, 3.63) is 0 Å². The van der Waals surface area contributed by atoms with Gasteiger partial charge >= 0.3 is 5.25 Å². The van der Waals surface area contributed by atoms with Gasteiger partial charge in [0, 0.05) is 0 Å². The zero-order chi connectivity index (χ0) is 5.21. The minimum Gasteiger partial charge on any atom is -0.243 e. The summed E-state index contributed by atoms with van der Waals surface area (Å²) in [7, 11) is 0. The Hall–Kier alpha value is 0.140. The maximum Gasteiger partial charge on any atom is 0.331 e. The van der Waals surface area contributed by atoms with E-state index in [0.29, 0.717) is 0 Å². The molecular weight excluding hydrogens is 113 g/mol. The Morgan fingerprint density at radius 3 is 1.67 bits per heavy atom. The highest BCUT2D eigenvalue weighted by atomic mass is 32.1. The monoisotopic (exact) mass is 115 g/mol. The molecule has 0 N–H and O–H groups in total. The molecule has 0 saturated heterocycles. The molecule has 0 nitrogen and oxygen atoms in total. The van der Waals surface area contributed by atoms with Gasteiger partial charge in [0.25, 0.3) is 0 Å². The molecule has 0 aliphatic heterocycles. The first-order chi connectivity index (χ1) is 2.56. The molecule has 0 spiro atoms. The minimum atomic E-state index is -3.54. The van der Waals surface area contributed by atoms with Gasteiger partial charge in [-0.25, -0.2) is 4.39 Å². The second-order valence-corrected chi connectivity index (χ2v) is 1.37. The predicted molar refractivity (Wildman–Crippen MR) is 18.5 cm³/mol. The van der Waals surface area contributed by atoms with Crippen LogP contribution in [0.4, 0.5) is 13.2 Å². The van der Waals surface area contributed by atoms with E-state index in [1.807, 2.05) is 0 Å².